The van der Waals surface area contributed by atoms with Gasteiger partial charge in [-0.1, -0.05) is 83.1 Å². The Bertz CT molecular complexity index is 2680. The summed E-state index contributed by atoms with van der Waals surface area (Å²) >= 11 is 0. The predicted molar refractivity (Wildman–Crippen MR) is 291 cm³/mol. The number of amides is 6. The Kier molecular flexibility index (Phi) is 20.4. The highest BCUT2D eigenvalue weighted by Gasteiger charge is 2.46. The third kappa shape index (κ3) is 15.2. The average Bonchev–Trinajstić information content (AvgIpc) is 3.83. The number of fused-ring (bicyclic) bond motifs is 2. The molecule has 0 unspecified atom stereocenters. The number of hydrogen-bond acceptors (Lipinski definition) is 12. The van der Waals surface area contributed by atoms with E-state index in [1.54, 1.807) is 41.8 Å². The summed E-state index contributed by atoms with van der Waals surface area (Å²) in [4.78, 5) is 125. The molecule has 0 aromatic heterocycles. The highest BCUT2D eigenvalue weighted by molar-refractivity contribution is 6.03. The van der Waals surface area contributed by atoms with Crippen molar-refractivity contribution < 1.29 is 43.3 Å². The number of rotatable bonds is 23. The summed E-state index contributed by atoms with van der Waals surface area (Å²) in [5.74, 6) is -4.74. The second-order valence-corrected chi connectivity index (χ2v) is 22.5. The van der Waals surface area contributed by atoms with Gasteiger partial charge in [-0.25, -0.2) is 0 Å². The Hall–Kier alpha value is -6.86. The van der Waals surface area contributed by atoms with Crippen LogP contribution in [0.1, 0.15) is 161 Å². The monoisotopic (exact) mass is 1060 g/mol. The number of Topliss-reactive ketones (excluding diaryl/α,β-unsaturated/α-hetero) is 2. The quantitative estimate of drug-likeness (QED) is 0.0353. The van der Waals surface area contributed by atoms with E-state index < -0.39 is 105 Å². The van der Waals surface area contributed by atoms with Gasteiger partial charge < -0.3 is 42.1 Å². The number of hydrogen-bond donors (Lipinski definition) is 7. The lowest BCUT2D eigenvalue weighted by Crippen LogP contribution is -2.59. The Labute approximate surface area is 452 Å². The highest BCUT2D eigenvalue weighted by Crippen LogP contribution is 2.35. The van der Waals surface area contributed by atoms with Gasteiger partial charge in [-0.3, -0.25) is 48.5 Å². The Balaban J connectivity index is 1.21. The Morgan fingerprint density at radius 1 is 0.701 bits per heavy atom. The van der Waals surface area contributed by atoms with Crippen molar-refractivity contribution >= 4 is 52.7 Å². The predicted octanol–water partition coefficient (Wildman–Crippen LogP) is 5.50. The lowest BCUT2D eigenvalue weighted by Gasteiger charge is -2.36. The number of nitrogens with zero attached hydrogens (tertiary/aromatic N) is 2. The molecule has 2 aliphatic carbocycles. The number of carbonyl (C=O) groups excluding carboxylic acids is 8. The maximum absolute atomic E-state index is 14.7. The maximum atomic E-state index is 14.7. The van der Waals surface area contributed by atoms with Crippen molar-refractivity contribution in [3.8, 4) is 0 Å². The van der Waals surface area contributed by atoms with Gasteiger partial charge >= 0.3 is 0 Å². The second kappa shape index (κ2) is 26.5. The molecule has 9 atom stereocenters. The van der Waals surface area contributed by atoms with Gasteiger partial charge in [-0.05, 0) is 131 Å². The first kappa shape index (κ1) is 59.4. The number of ketones is 2. The summed E-state index contributed by atoms with van der Waals surface area (Å²) in [7, 11) is 3.25. The number of likely N-dealkylation sites (tertiary alicyclic amines) is 1. The van der Waals surface area contributed by atoms with Crippen LogP contribution in [-0.4, -0.2) is 114 Å². The molecule has 0 radical (unpaired) electrons. The number of benzene rings is 3. The van der Waals surface area contributed by atoms with E-state index in [-0.39, 0.29) is 67.8 Å². The van der Waals surface area contributed by atoms with Crippen LogP contribution in [0.3, 0.4) is 0 Å². The molecule has 3 aromatic rings. The standard InChI is InChI=1S/C58H79N9O10/c1-33(2)50(64-52(70)34(3)59-8)56(74)63-46(54(72)61-44-23-14-19-37-17-10-12-21-42(37)44)25-16-26-48(68)39-29-40(31-41(30-39)67(76)77)49(69)28-36-27-47(55(73)62-45-24-15-20-38-18-11-13-22-43(38)45)66(32-36)57(75)51(58(5,6)7)65-53(71)35(4)60-9/h10-13,17-18,21-22,29-31,33-36,44-47,50-51,59-60H,14-16,19-20,23-28,32H2,1-9H3,(H,61,72)(H,62,73)(H,63,74)(H,64,70)(H,65,71)/t34-,35-,36+,44+,45+,46-,47-,50-,51+/m0/s1. The zero-order valence-electron chi connectivity index (χ0n) is 46.1. The molecule has 0 spiro atoms. The molecule has 7 N–H and O–H groups in total. The smallest absolute Gasteiger partial charge is 0.270 e. The van der Waals surface area contributed by atoms with Gasteiger partial charge in [0.2, 0.25) is 35.4 Å². The molecule has 0 bridgehead atoms. The molecular formula is C58H79N9O10. The normalized spacial score (nSPS) is 20.0. The van der Waals surface area contributed by atoms with Crippen LogP contribution in [0.2, 0.25) is 0 Å². The molecule has 1 aliphatic heterocycles. The minimum absolute atomic E-state index is 0.00273. The van der Waals surface area contributed by atoms with Crippen molar-refractivity contribution in [2.24, 2.45) is 17.3 Å². The fourth-order valence-electron chi connectivity index (χ4n) is 10.6. The third-order valence-corrected chi connectivity index (χ3v) is 15.4. The van der Waals surface area contributed by atoms with Crippen molar-refractivity contribution in [3.05, 3.63) is 110 Å². The molecule has 77 heavy (non-hydrogen) atoms. The number of non-ortho nitro benzene ring substituents is 1. The van der Waals surface area contributed by atoms with Gasteiger partial charge in [0.25, 0.3) is 5.69 Å². The zero-order chi connectivity index (χ0) is 56.3. The molecule has 1 saturated heterocycles. The lowest BCUT2D eigenvalue weighted by molar-refractivity contribution is -0.384. The van der Waals surface area contributed by atoms with Gasteiger partial charge in [0.1, 0.15) is 24.2 Å². The van der Waals surface area contributed by atoms with Gasteiger partial charge in [0.15, 0.2) is 11.6 Å². The first-order valence-corrected chi connectivity index (χ1v) is 27.2. The highest BCUT2D eigenvalue weighted by atomic mass is 16.6. The molecule has 416 valence electrons. The van der Waals surface area contributed by atoms with Gasteiger partial charge in [-0.15, -0.1) is 0 Å². The largest absolute Gasteiger partial charge is 0.348 e. The van der Waals surface area contributed by atoms with Crippen LogP contribution in [0, 0.1) is 27.4 Å². The molecule has 19 nitrogen and oxygen atoms in total. The molecular weight excluding hydrogens is 983 g/mol. The van der Waals surface area contributed by atoms with Crippen molar-refractivity contribution in [3.63, 3.8) is 0 Å². The van der Waals surface area contributed by atoms with Crippen LogP contribution in [0.15, 0.2) is 66.7 Å². The summed E-state index contributed by atoms with van der Waals surface area (Å²) in [5.41, 5.74) is 2.77. The van der Waals surface area contributed by atoms with E-state index in [0.717, 1.165) is 60.1 Å². The van der Waals surface area contributed by atoms with Crippen molar-refractivity contribution in [1.29, 1.82) is 0 Å². The van der Waals surface area contributed by atoms with E-state index in [1.807, 2.05) is 69.3 Å². The van der Waals surface area contributed by atoms with Crippen LogP contribution in [-0.2, 0) is 41.6 Å². The van der Waals surface area contributed by atoms with E-state index in [9.17, 15) is 48.5 Å². The topological polar surface area (TPSA) is 267 Å². The molecule has 0 saturated carbocycles. The summed E-state index contributed by atoms with van der Waals surface area (Å²) in [6, 6.07) is 13.3. The van der Waals surface area contributed by atoms with Gasteiger partial charge in [0.05, 0.1) is 29.1 Å². The number of carbonyl (C=O) groups is 8. The number of aryl methyl sites for hydroxylation is 2. The Morgan fingerprint density at radius 2 is 1.25 bits per heavy atom. The van der Waals surface area contributed by atoms with E-state index in [1.165, 1.54) is 11.0 Å². The molecule has 3 aromatic carbocycles. The lowest BCUT2D eigenvalue weighted by atomic mass is 9.85. The SMILES string of the molecule is CN[C@@H](C)C(=O)N[C@H](C(=O)N[C@@H](CCCC(=O)c1cc(C(=O)C[C@H]2C[C@@H](C(=O)N[C@@H]3CCCc4ccccc43)N(C(=O)[C@@H](NC(=O)[C@H](C)NC)C(C)(C)C)C2)cc([N+](=O)[O-])c1)C(=O)N[C@@H]1CCCc2ccccc21)C(C)C. The summed E-state index contributed by atoms with van der Waals surface area (Å²) in [6.07, 6.45) is 4.54. The van der Waals surface area contributed by atoms with Crippen molar-refractivity contribution in [2.75, 3.05) is 20.6 Å². The van der Waals surface area contributed by atoms with Crippen molar-refractivity contribution in [1.82, 2.24) is 42.1 Å². The number of nitro benzene ring substituents is 1. The second-order valence-electron chi connectivity index (χ2n) is 22.5. The molecule has 6 amide bonds. The maximum Gasteiger partial charge on any atom is 0.270 e. The number of nitro groups is 1. The van der Waals surface area contributed by atoms with Crippen LogP contribution in [0.5, 0.6) is 0 Å². The average molecular weight is 1060 g/mol. The minimum atomic E-state index is -1.12. The Morgan fingerprint density at radius 3 is 1.79 bits per heavy atom. The number of nitrogens with one attached hydrogen (secondary N) is 7. The molecule has 1 fully saturated rings. The van der Waals surface area contributed by atoms with Crippen LogP contribution in [0.4, 0.5) is 5.69 Å². The van der Waals surface area contributed by atoms with Gasteiger partial charge in [0, 0.05) is 42.6 Å². The van der Waals surface area contributed by atoms with E-state index in [0.29, 0.717) is 12.8 Å². The summed E-state index contributed by atoms with van der Waals surface area (Å²) in [6.45, 7) is 12.3. The summed E-state index contributed by atoms with van der Waals surface area (Å²) in [5, 5.41) is 32.9. The van der Waals surface area contributed by atoms with Crippen LogP contribution < -0.4 is 37.2 Å². The molecule has 19 heteroatoms. The first-order chi connectivity index (χ1) is 36.5. The van der Waals surface area contributed by atoms with E-state index >= 15 is 0 Å². The first-order valence-electron chi connectivity index (χ1n) is 27.2. The van der Waals surface area contributed by atoms with E-state index in [2.05, 4.69) is 37.2 Å². The fourth-order valence-corrected chi connectivity index (χ4v) is 10.6. The van der Waals surface area contributed by atoms with E-state index in [4.69, 9.17) is 0 Å². The molecule has 3 aliphatic rings. The van der Waals surface area contributed by atoms with Crippen LogP contribution in [0.25, 0.3) is 0 Å². The van der Waals surface area contributed by atoms with Crippen molar-refractivity contribution in [2.45, 2.75) is 167 Å². The number of likely N-dealkylation sites (N-methyl/N-ethyl adjacent to an activating group) is 2. The minimum Gasteiger partial charge on any atom is -0.348 e. The molecule has 1 heterocycles. The molecule has 6 rings (SSSR count). The zero-order valence-corrected chi connectivity index (χ0v) is 46.1. The third-order valence-electron chi connectivity index (χ3n) is 15.4. The summed E-state index contributed by atoms with van der Waals surface area (Å²) < 4.78 is 0. The fraction of sp³-hybridized carbons (Fsp3) is 0.552. The van der Waals surface area contributed by atoms with Crippen LogP contribution >= 0.6 is 0 Å². The van der Waals surface area contributed by atoms with Gasteiger partial charge in [-0.2, -0.15) is 0 Å².